The first-order valence-electron chi connectivity index (χ1n) is 9.60. The highest BCUT2D eigenvalue weighted by molar-refractivity contribution is 5.92. The van der Waals surface area contributed by atoms with E-state index < -0.39 is 0 Å². The lowest BCUT2D eigenvalue weighted by molar-refractivity contribution is -0.115. The molecule has 0 unspecified atom stereocenters. The van der Waals surface area contributed by atoms with Gasteiger partial charge < -0.3 is 15.1 Å². The Morgan fingerprint density at radius 2 is 1.68 bits per heavy atom. The van der Waals surface area contributed by atoms with Crippen molar-refractivity contribution >= 4 is 17.3 Å². The molecular formula is C22H25N5O. The minimum atomic E-state index is -0.0417. The van der Waals surface area contributed by atoms with Crippen LogP contribution in [-0.2, 0) is 11.2 Å². The lowest BCUT2D eigenvalue weighted by Gasteiger charge is -2.34. The van der Waals surface area contributed by atoms with Gasteiger partial charge >= 0.3 is 0 Å². The highest BCUT2D eigenvalue weighted by Gasteiger charge is 2.14. The zero-order chi connectivity index (χ0) is 19.3. The molecular weight excluding hydrogens is 350 g/mol. The largest absolute Gasteiger partial charge is 0.369 e. The van der Waals surface area contributed by atoms with Crippen LogP contribution in [0, 0.1) is 0 Å². The van der Waals surface area contributed by atoms with E-state index in [0.717, 1.165) is 43.1 Å². The Balaban J connectivity index is 1.33. The van der Waals surface area contributed by atoms with Crippen molar-refractivity contribution in [2.24, 2.45) is 0 Å². The fourth-order valence-corrected chi connectivity index (χ4v) is 3.38. The molecule has 2 aromatic carbocycles. The van der Waals surface area contributed by atoms with E-state index in [1.165, 1.54) is 5.69 Å². The molecule has 0 atom stereocenters. The molecule has 1 aliphatic rings. The Kier molecular flexibility index (Phi) is 5.39. The molecule has 6 nitrogen and oxygen atoms in total. The van der Waals surface area contributed by atoms with Crippen LogP contribution >= 0.6 is 0 Å². The number of likely N-dealkylation sites (N-methyl/N-ethyl adjacent to an activating group) is 1. The normalized spacial score (nSPS) is 14.8. The van der Waals surface area contributed by atoms with Gasteiger partial charge in [0.1, 0.15) is 0 Å². The summed E-state index contributed by atoms with van der Waals surface area (Å²) in [4.78, 5) is 17.1. The van der Waals surface area contributed by atoms with E-state index in [4.69, 9.17) is 0 Å². The third-order valence-corrected chi connectivity index (χ3v) is 5.04. The molecule has 6 heteroatoms. The van der Waals surface area contributed by atoms with Crippen molar-refractivity contribution in [3.05, 3.63) is 72.6 Å². The minimum Gasteiger partial charge on any atom is -0.369 e. The Hall–Kier alpha value is -3.12. The SMILES string of the molecule is CN1CCN(c2ccc(NC(=O)Cc3cnn(-c4ccccc4)c3)cc2)CC1. The molecule has 1 amide bonds. The number of rotatable bonds is 5. The first-order valence-corrected chi connectivity index (χ1v) is 9.60. The molecule has 4 rings (SSSR count). The number of carbonyl (C=O) groups excluding carboxylic acids is 1. The number of nitrogens with one attached hydrogen (secondary N) is 1. The smallest absolute Gasteiger partial charge is 0.228 e. The topological polar surface area (TPSA) is 53.4 Å². The number of hydrogen-bond donors (Lipinski definition) is 1. The Labute approximate surface area is 165 Å². The average molecular weight is 375 g/mol. The summed E-state index contributed by atoms with van der Waals surface area (Å²) in [5.74, 6) is -0.0417. The van der Waals surface area contributed by atoms with Crippen LogP contribution in [0.1, 0.15) is 5.56 Å². The Morgan fingerprint density at radius 1 is 0.964 bits per heavy atom. The van der Waals surface area contributed by atoms with Crippen LogP contribution in [0.25, 0.3) is 5.69 Å². The van der Waals surface area contributed by atoms with Crippen molar-refractivity contribution in [2.45, 2.75) is 6.42 Å². The zero-order valence-corrected chi connectivity index (χ0v) is 16.1. The van der Waals surface area contributed by atoms with E-state index in [9.17, 15) is 4.79 Å². The van der Waals surface area contributed by atoms with Crippen LogP contribution in [0.4, 0.5) is 11.4 Å². The van der Waals surface area contributed by atoms with E-state index in [-0.39, 0.29) is 5.91 Å². The van der Waals surface area contributed by atoms with Crippen LogP contribution < -0.4 is 10.2 Å². The number of hydrogen-bond acceptors (Lipinski definition) is 4. The number of aromatic nitrogens is 2. The van der Waals surface area contributed by atoms with Crippen LogP contribution in [0.15, 0.2) is 67.0 Å². The molecule has 0 spiro atoms. The number of amides is 1. The summed E-state index contributed by atoms with van der Waals surface area (Å²) in [5.41, 5.74) is 3.89. The average Bonchev–Trinajstić information content (AvgIpc) is 3.18. The van der Waals surface area contributed by atoms with E-state index in [1.807, 2.05) is 48.7 Å². The predicted octanol–water partition coefficient (Wildman–Crippen LogP) is 2.81. The van der Waals surface area contributed by atoms with Gasteiger partial charge in [0.15, 0.2) is 0 Å². The van der Waals surface area contributed by atoms with E-state index in [1.54, 1.807) is 10.9 Å². The van der Waals surface area contributed by atoms with Gasteiger partial charge in [-0.1, -0.05) is 18.2 Å². The fourth-order valence-electron chi connectivity index (χ4n) is 3.38. The number of para-hydroxylation sites is 1. The lowest BCUT2D eigenvalue weighted by Crippen LogP contribution is -2.44. The summed E-state index contributed by atoms with van der Waals surface area (Å²) < 4.78 is 1.79. The molecule has 1 saturated heterocycles. The molecule has 28 heavy (non-hydrogen) atoms. The summed E-state index contributed by atoms with van der Waals surface area (Å²) in [6.45, 7) is 4.23. The third-order valence-electron chi connectivity index (χ3n) is 5.04. The molecule has 1 aromatic heterocycles. The molecule has 0 bridgehead atoms. The van der Waals surface area contributed by atoms with Crippen molar-refractivity contribution in [1.29, 1.82) is 0 Å². The summed E-state index contributed by atoms with van der Waals surface area (Å²) in [7, 11) is 2.15. The maximum atomic E-state index is 12.4. The van der Waals surface area contributed by atoms with Crippen molar-refractivity contribution in [1.82, 2.24) is 14.7 Å². The second-order valence-corrected chi connectivity index (χ2v) is 7.19. The quantitative estimate of drug-likeness (QED) is 0.745. The van der Waals surface area contributed by atoms with E-state index >= 15 is 0 Å². The molecule has 1 aliphatic heterocycles. The maximum absolute atomic E-state index is 12.4. The first-order chi connectivity index (χ1) is 13.7. The Morgan fingerprint density at radius 3 is 2.39 bits per heavy atom. The fraction of sp³-hybridized carbons (Fsp3) is 0.273. The predicted molar refractivity (Wildman–Crippen MR) is 112 cm³/mol. The summed E-state index contributed by atoms with van der Waals surface area (Å²) in [5, 5.41) is 7.32. The van der Waals surface area contributed by atoms with Gasteiger partial charge in [-0.15, -0.1) is 0 Å². The lowest BCUT2D eigenvalue weighted by atomic mass is 10.2. The van der Waals surface area contributed by atoms with Crippen LogP contribution in [0.2, 0.25) is 0 Å². The van der Waals surface area contributed by atoms with Gasteiger partial charge in [-0.3, -0.25) is 4.79 Å². The summed E-state index contributed by atoms with van der Waals surface area (Å²) >= 11 is 0. The highest BCUT2D eigenvalue weighted by atomic mass is 16.1. The van der Waals surface area contributed by atoms with E-state index in [2.05, 4.69) is 39.4 Å². The highest BCUT2D eigenvalue weighted by Crippen LogP contribution is 2.19. The summed E-state index contributed by atoms with van der Waals surface area (Å²) in [6.07, 6.45) is 3.93. The number of benzene rings is 2. The van der Waals surface area contributed by atoms with Gasteiger partial charge in [0.2, 0.25) is 5.91 Å². The van der Waals surface area contributed by atoms with Gasteiger partial charge in [-0.25, -0.2) is 4.68 Å². The second-order valence-electron chi connectivity index (χ2n) is 7.19. The van der Waals surface area contributed by atoms with E-state index in [0.29, 0.717) is 6.42 Å². The van der Waals surface area contributed by atoms with Gasteiger partial charge in [0.25, 0.3) is 0 Å². The molecule has 1 N–H and O–H groups in total. The van der Waals surface area contributed by atoms with Crippen molar-refractivity contribution < 1.29 is 4.79 Å². The minimum absolute atomic E-state index is 0.0417. The number of anilines is 2. The number of piperazine rings is 1. The van der Waals surface area contributed by atoms with Gasteiger partial charge in [0, 0.05) is 43.8 Å². The van der Waals surface area contributed by atoms with Crippen LogP contribution in [0.3, 0.4) is 0 Å². The molecule has 3 aromatic rings. The third kappa shape index (κ3) is 4.40. The zero-order valence-electron chi connectivity index (χ0n) is 16.1. The van der Waals surface area contributed by atoms with Crippen LogP contribution in [-0.4, -0.2) is 53.8 Å². The van der Waals surface area contributed by atoms with Crippen molar-refractivity contribution in [3.8, 4) is 5.69 Å². The van der Waals surface area contributed by atoms with Gasteiger partial charge in [0.05, 0.1) is 18.3 Å². The van der Waals surface area contributed by atoms with Crippen molar-refractivity contribution in [3.63, 3.8) is 0 Å². The van der Waals surface area contributed by atoms with Crippen molar-refractivity contribution in [2.75, 3.05) is 43.4 Å². The molecule has 2 heterocycles. The number of carbonyl (C=O) groups is 1. The second kappa shape index (κ2) is 8.27. The molecule has 0 radical (unpaired) electrons. The summed E-state index contributed by atoms with van der Waals surface area (Å²) in [6, 6.07) is 18.0. The molecule has 0 saturated carbocycles. The maximum Gasteiger partial charge on any atom is 0.228 e. The number of nitrogens with zero attached hydrogens (tertiary/aromatic N) is 4. The Bertz CT molecular complexity index is 912. The monoisotopic (exact) mass is 375 g/mol. The molecule has 144 valence electrons. The van der Waals surface area contributed by atoms with Crippen LogP contribution in [0.5, 0.6) is 0 Å². The van der Waals surface area contributed by atoms with Gasteiger partial charge in [-0.2, -0.15) is 5.10 Å². The molecule has 0 aliphatic carbocycles. The molecule has 1 fully saturated rings. The first kappa shape index (κ1) is 18.3. The standard InChI is InChI=1S/C22H25N5O/c1-25-11-13-26(14-12-25)20-9-7-19(8-10-20)24-22(28)15-18-16-23-27(17-18)21-5-3-2-4-6-21/h2-10,16-17H,11-15H2,1H3,(H,24,28). The van der Waals surface area contributed by atoms with Gasteiger partial charge in [-0.05, 0) is 49.0 Å².